The fraction of sp³-hybridized carbons (Fsp3) is 0.316. The van der Waals surface area contributed by atoms with Gasteiger partial charge in [-0.3, -0.25) is 4.79 Å². The van der Waals surface area contributed by atoms with E-state index in [4.69, 9.17) is 14.6 Å². The molecule has 2 aromatic carbocycles. The minimum absolute atomic E-state index is 0.0141. The summed E-state index contributed by atoms with van der Waals surface area (Å²) in [5.41, 5.74) is 1.66. The smallest absolute Gasteiger partial charge is 0.161 e. The number of ether oxygens (including phenoxy) is 2. The Bertz CT molecular complexity index is 623. The number of Topliss-reactive ketones (excluding diaryl/α,β-unsaturated/α-hetero) is 1. The van der Waals surface area contributed by atoms with Gasteiger partial charge in [0, 0.05) is 12.2 Å². The molecule has 0 spiro atoms. The average molecular weight is 314 g/mol. The van der Waals surface area contributed by atoms with E-state index in [1.807, 2.05) is 30.3 Å². The van der Waals surface area contributed by atoms with Crippen molar-refractivity contribution in [2.75, 3.05) is 13.2 Å². The lowest BCUT2D eigenvalue weighted by Gasteiger charge is -2.14. The Morgan fingerprint density at radius 2 is 1.78 bits per heavy atom. The molecule has 23 heavy (non-hydrogen) atoms. The number of hydrogen-bond acceptors (Lipinski definition) is 4. The third-order valence-corrected chi connectivity index (χ3v) is 3.40. The van der Waals surface area contributed by atoms with Crippen molar-refractivity contribution in [3.05, 3.63) is 59.7 Å². The van der Waals surface area contributed by atoms with Crippen LogP contribution in [-0.4, -0.2) is 24.1 Å². The maximum Gasteiger partial charge on any atom is 0.161 e. The van der Waals surface area contributed by atoms with Crippen LogP contribution >= 0.6 is 0 Å². The Balaban J connectivity index is 2.07. The van der Waals surface area contributed by atoms with Gasteiger partial charge in [0.1, 0.15) is 6.61 Å². The number of rotatable bonds is 9. The minimum Gasteiger partial charge on any atom is -0.490 e. The molecule has 0 fully saturated rings. The number of aliphatic hydroxyl groups excluding tert-OH is 1. The van der Waals surface area contributed by atoms with E-state index >= 15 is 0 Å². The van der Waals surface area contributed by atoms with Crippen molar-refractivity contribution in [1.82, 2.24) is 0 Å². The van der Waals surface area contributed by atoms with E-state index < -0.39 is 0 Å². The highest BCUT2D eigenvalue weighted by Gasteiger charge is 2.09. The number of ketones is 1. The van der Waals surface area contributed by atoms with Crippen molar-refractivity contribution in [1.29, 1.82) is 0 Å². The molecule has 1 N–H and O–H groups in total. The maximum absolute atomic E-state index is 11.5. The molecule has 2 aromatic rings. The Hall–Kier alpha value is -2.33. The molecule has 0 unspecified atom stereocenters. The Morgan fingerprint density at radius 1 is 1.00 bits per heavy atom. The van der Waals surface area contributed by atoms with Crippen LogP contribution in [0, 0.1) is 0 Å². The first-order valence-electron chi connectivity index (χ1n) is 7.76. The zero-order valence-electron chi connectivity index (χ0n) is 13.3. The summed E-state index contributed by atoms with van der Waals surface area (Å²) in [6.45, 7) is 2.58. The van der Waals surface area contributed by atoms with Gasteiger partial charge in [-0.05, 0) is 43.5 Å². The van der Waals surface area contributed by atoms with Gasteiger partial charge in [0.25, 0.3) is 0 Å². The average Bonchev–Trinajstić information content (AvgIpc) is 2.58. The van der Waals surface area contributed by atoms with Gasteiger partial charge < -0.3 is 14.6 Å². The van der Waals surface area contributed by atoms with Gasteiger partial charge in [-0.2, -0.15) is 0 Å². The lowest BCUT2D eigenvalue weighted by molar-refractivity contribution is 0.101. The molecule has 0 aromatic heterocycles. The van der Waals surface area contributed by atoms with Crippen LogP contribution < -0.4 is 9.47 Å². The molecule has 4 nitrogen and oxygen atoms in total. The van der Waals surface area contributed by atoms with E-state index in [2.05, 4.69) is 0 Å². The lowest BCUT2D eigenvalue weighted by atomic mass is 10.1. The molecule has 0 saturated carbocycles. The van der Waals surface area contributed by atoms with Gasteiger partial charge in [0.15, 0.2) is 17.3 Å². The number of carbonyl (C=O) groups is 1. The SMILES string of the molecule is CC(=O)c1ccc(OCc2ccccc2)c(OCCCCO)c1. The van der Waals surface area contributed by atoms with Crippen molar-refractivity contribution in [2.24, 2.45) is 0 Å². The van der Waals surface area contributed by atoms with Crippen molar-refractivity contribution < 1.29 is 19.4 Å². The third-order valence-electron chi connectivity index (χ3n) is 3.40. The summed E-state index contributed by atoms with van der Waals surface area (Å²) < 4.78 is 11.6. The number of benzene rings is 2. The molecule has 2 rings (SSSR count). The highest BCUT2D eigenvalue weighted by Crippen LogP contribution is 2.29. The molecular weight excluding hydrogens is 292 g/mol. The molecule has 0 bridgehead atoms. The van der Waals surface area contributed by atoms with E-state index in [0.29, 0.717) is 36.7 Å². The zero-order valence-corrected chi connectivity index (χ0v) is 13.3. The van der Waals surface area contributed by atoms with Gasteiger partial charge in [0.2, 0.25) is 0 Å². The van der Waals surface area contributed by atoms with Crippen LogP contribution in [0.4, 0.5) is 0 Å². The van der Waals surface area contributed by atoms with Gasteiger partial charge in [-0.25, -0.2) is 0 Å². The van der Waals surface area contributed by atoms with E-state index in [1.54, 1.807) is 18.2 Å². The fourth-order valence-electron chi connectivity index (χ4n) is 2.09. The van der Waals surface area contributed by atoms with E-state index in [0.717, 1.165) is 12.0 Å². The van der Waals surface area contributed by atoms with E-state index in [1.165, 1.54) is 6.92 Å². The predicted molar refractivity (Wildman–Crippen MR) is 89.0 cm³/mol. The summed E-state index contributed by atoms with van der Waals surface area (Å²) in [5, 5.41) is 8.82. The Kier molecular flexibility index (Phi) is 6.63. The van der Waals surface area contributed by atoms with Crippen LogP contribution in [-0.2, 0) is 6.61 Å². The molecule has 0 radical (unpaired) electrons. The molecule has 0 amide bonds. The Labute approximate surface area is 136 Å². The van der Waals surface area contributed by atoms with Crippen LogP contribution in [0.25, 0.3) is 0 Å². The lowest BCUT2D eigenvalue weighted by Crippen LogP contribution is -2.04. The van der Waals surface area contributed by atoms with Crippen LogP contribution in [0.15, 0.2) is 48.5 Å². The molecular formula is C19H22O4. The summed E-state index contributed by atoms with van der Waals surface area (Å²) in [4.78, 5) is 11.5. The number of carbonyl (C=O) groups excluding carboxylic acids is 1. The molecule has 122 valence electrons. The fourth-order valence-corrected chi connectivity index (χ4v) is 2.09. The topological polar surface area (TPSA) is 55.8 Å². The number of unbranched alkanes of at least 4 members (excludes halogenated alkanes) is 1. The molecule has 4 heteroatoms. The summed E-state index contributed by atoms with van der Waals surface area (Å²) in [5.74, 6) is 1.16. The number of aliphatic hydroxyl groups is 1. The van der Waals surface area contributed by atoms with Crippen LogP contribution in [0.3, 0.4) is 0 Å². The Morgan fingerprint density at radius 3 is 2.48 bits per heavy atom. The largest absolute Gasteiger partial charge is 0.490 e. The first-order valence-corrected chi connectivity index (χ1v) is 7.76. The second-order valence-electron chi connectivity index (χ2n) is 5.27. The summed E-state index contributed by atoms with van der Waals surface area (Å²) in [6.07, 6.45) is 1.44. The van der Waals surface area contributed by atoms with E-state index in [-0.39, 0.29) is 12.4 Å². The standard InChI is InChI=1S/C19H22O4/c1-15(21)17-9-10-18(19(13-17)22-12-6-5-11-20)23-14-16-7-3-2-4-8-16/h2-4,7-10,13,20H,5-6,11-12,14H2,1H3. The maximum atomic E-state index is 11.5. The molecule has 0 aliphatic carbocycles. The zero-order chi connectivity index (χ0) is 16.5. The second kappa shape index (κ2) is 8.96. The van der Waals surface area contributed by atoms with Crippen LogP contribution in [0.2, 0.25) is 0 Å². The van der Waals surface area contributed by atoms with Crippen molar-refractivity contribution in [2.45, 2.75) is 26.4 Å². The molecule has 0 aliphatic rings. The van der Waals surface area contributed by atoms with Gasteiger partial charge in [0.05, 0.1) is 6.61 Å². The van der Waals surface area contributed by atoms with Crippen molar-refractivity contribution >= 4 is 5.78 Å². The van der Waals surface area contributed by atoms with E-state index in [9.17, 15) is 4.79 Å². The quantitative estimate of drug-likeness (QED) is 0.567. The highest BCUT2D eigenvalue weighted by atomic mass is 16.5. The first kappa shape index (κ1) is 17.0. The van der Waals surface area contributed by atoms with Crippen molar-refractivity contribution in [3.63, 3.8) is 0 Å². The second-order valence-corrected chi connectivity index (χ2v) is 5.27. The number of hydrogen-bond donors (Lipinski definition) is 1. The molecule has 0 aliphatic heterocycles. The summed E-state index contributed by atoms with van der Waals surface area (Å²) in [6, 6.07) is 15.1. The molecule has 0 saturated heterocycles. The summed E-state index contributed by atoms with van der Waals surface area (Å²) in [7, 11) is 0. The highest BCUT2D eigenvalue weighted by molar-refractivity contribution is 5.94. The van der Waals surface area contributed by atoms with Crippen LogP contribution in [0.1, 0.15) is 35.7 Å². The minimum atomic E-state index is -0.0141. The van der Waals surface area contributed by atoms with Crippen molar-refractivity contribution in [3.8, 4) is 11.5 Å². The van der Waals surface area contributed by atoms with Gasteiger partial charge >= 0.3 is 0 Å². The van der Waals surface area contributed by atoms with Gasteiger partial charge in [-0.1, -0.05) is 30.3 Å². The normalized spacial score (nSPS) is 10.3. The van der Waals surface area contributed by atoms with Crippen LogP contribution in [0.5, 0.6) is 11.5 Å². The monoisotopic (exact) mass is 314 g/mol. The molecule has 0 heterocycles. The predicted octanol–water partition coefficient (Wildman–Crippen LogP) is 3.62. The molecule has 0 atom stereocenters. The van der Waals surface area contributed by atoms with Gasteiger partial charge in [-0.15, -0.1) is 0 Å². The summed E-state index contributed by atoms with van der Waals surface area (Å²) >= 11 is 0. The third kappa shape index (κ3) is 5.42. The first-order chi connectivity index (χ1) is 11.2.